The molecule has 0 aliphatic heterocycles. The lowest BCUT2D eigenvalue weighted by Gasteiger charge is -2.21. The third-order valence-electron chi connectivity index (χ3n) is 9.70. The number of aryl methyl sites for hydroxylation is 5. The Bertz CT molecular complexity index is 1840. The van der Waals surface area contributed by atoms with Crippen molar-refractivity contribution in [2.75, 3.05) is 33.2 Å². The molecule has 0 aliphatic rings. The van der Waals surface area contributed by atoms with Gasteiger partial charge in [0.25, 0.3) is 0 Å². The van der Waals surface area contributed by atoms with Crippen LogP contribution in [0.2, 0.25) is 0 Å². The molecule has 0 fully saturated rings. The van der Waals surface area contributed by atoms with Crippen molar-refractivity contribution >= 4 is 17.9 Å². The van der Waals surface area contributed by atoms with E-state index in [1.54, 1.807) is 7.05 Å². The van der Waals surface area contributed by atoms with Crippen molar-refractivity contribution in [1.29, 1.82) is 5.26 Å². The predicted molar refractivity (Wildman–Crippen MR) is 228 cm³/mol. The molecular weight excluding hydrogens is 713 g/mol. The summed E-state index contributed by atoms with van der Waals surface area (Å²) in [5, 5.41) is 11.8. The van der Waals surface area contributed by atoms with E-state index >= 15 is 0 Å². The predicted octanol–water partition coefficient (Wildman–Crippen LogP) is 9.45. The Kier molecular flexibility index (Phi) is 21.1. The van der Waals surface area contributed by atoms with E-state index in [-0.39, 0.29) is 24.5 Å². The highest BCUT2D eigenvalue weighted by Gasteiger charge is 2.14. The minimum atomic E-state index is -0.357. The third-order valence-corrected chi connectivity index (χ3v) is 9.70. The van der Waals surface area contributed by atoms with Crippen LogP contribution in [0.3, 0.4) is 0 Å². The highest BCUT2D eigenvalue weighted by atomic mass is 16.6. The highest BCUT2D eigenvalue weighted by Crippen LogP contribution is 2.22. The minimum Gasteiger partial charge on any atom is -0.489 e. The molecule has 0 saturated carbocycles. The molecule has 1 N–H and O–H groups in total. The summed E-state index contributed by atoms with van der Waals surface area (Å²) >= 11 is 0. The maximum Gasteiger partial charge on any atom is 0.409 e. The molecule has 0 spiro atoms. The second-order valence-corrected chi connectivity index (χ2v) is 14.5. The van der Waals surface area contributed by atoms with Gasteiger partial charge in [0.05, 0.1) is 12.5 Å². The molecule has 304 valence electrons. The average Bonchev–Trinajstić information content (AvgIpc) is 3.22. The number of nitrogens with one attached hydrogen (secondary N) is 1. The summed E-state index contributed by atoms with van der Waals surface area (Å²) in [6, 6.07) is 34.3. The molecule has 4 aromatic rings. The van der Waals surface area contributed by atoms with E-state index in [0.29, 0.717) is 58.3 Å². The Hall–Kier alpha value is -5.62. The lowest BCUT2D eigenvalue weighted by atomic mass is 10.0. The fraction of sp³-hybridized carbons (Fsp3) is 0.417. The van der Waals surface area contributed by atoms with E-state index in [4.69, 9.17) is 14.7 Å². The number of benzene rings is 4. The number of nitrogens with zero attached hydrogens (tertiary/aromatic N) is 3. The summed E-state index contributed by atoms with van der Waals surface area (Å²) in [6.45, 7) is 11.5. The second-order valence-electron chi connectivity index (χ2n) is 14.5. The fourth-order valence-corrected chi connectivity index (χ4v) is 6.04. The van der Waals surface area contributed by atoms with Gasteiger partial charge >= 0.3 is 6.09 Å². The molecule has 0 aliphatic carbocycles. The van der Waals surface area contributed by atoms with Crippen LogP contribution in [0.25, 0.3) is 0 Å². The molecule has 0 unspecified atom stereocenters. The first-order chi connectivity index (χ1) is 27.6. The quantitative estimate of drug-likeness (QED) is 0.0845. The Balaban J connectivity index is 0.000000306. The van der Waals surface area contributed by atoms with E-state index in [0.717, 1.165) is 60.2 Å². The van der Waals surface area contributed by atoms with E-state index < -0.39 is 0 Å². The molecule has 9 nitrogen and oxygen atoms in total. The van der Waals surface area contributed by atoms with Crippen LogP contribution in [0, 0.1) is 32.1 Å². The van der Waals surface area contributed by atoms with Gasteiger partial charge in [-0.25, -0.2) is 4.79 Å². The zero-order valence-electron chi connectivity index (χ0n) is 34.7. The molecule has 0 aromatic heterocycles. The largest absolute Gasteiger partial charge is 0.489 e. The van der Waals surface area contributed by atoms with Gasteiger partial charge in [0.1, 0.15) is 19.0 Å². The zero-order chi connectivity index (χ0) is 41.3. The van der Waals surface area contributed by atoms with Gasteiger partial charge in [-0.1, -0.05) is 111 Å². The SMILES string of the molecule is CCCCCN(CCC#N)C(=O)CCc1ccc(OCc2ccccc2)c(C)c1.Cc1ccc(CCC(=O)NCCCN(C)C(=O)OCc2ccccc2)cc1C. The number of unbranched alkanes of at least 4 members (excludes halogenated alkanes) is 2. The van der Waals surface area contributed by atoms with Crippen LogP contribution in [0.4, 0.5) is 4.79 Å². The lowest BCUT2D eigenvalue weighted by Crippen LogP contribution is -2.33. The van der Waals surface area contributed by atoms with Crippen molar-refractivity contribution < 1.29 is 23.9 Å². The molecule has 0 atom stereocenters. The van der Waals surface area contributed by atoms with Gasteiger partial charge < -0.3 is 24.6 Å². The molecule has 0 saturated heterocycles. The summed E-state index contributed by atoms with van der Waals surface area (Å²) in [4.78, 5) is 40.0. The molecule has 57 heavy (non-hydrogen) atoms. The lowest BCUT2D eigenvalue weighted by molar-refractivity contribution is -0.131. The summed E-state index contributed by atoms with van der Waals surface area (Å²) in [5.41, 5.74) is 8.01. The highest BCUT2D eigenvalue weighted by molar-refractivity contribution is 5.76. The third kappa shape index (κ3) is 18.3. The summed E-state index contributed by atoms with van der Waals surface area (Å²) in [6.07, 6.45) is 6.34. The molecule has 0 heterocycles. The molecule has 4 aromatic carbocycles. The molecule has 0 radical (unpaired) electrons. The van der Waals surface area contributed by atoms with E-state index in [9.17, 15) is 14.4 Å². The van der Waals surface area contributed by atoms with Crippen molar-refractivity contribution in [2.24, 2.45) is 0 Å². The first kappa shape index (κ1) is 45.8. The first-order valence-electron chi connectivity index (χ1n) is 20.2. The number of hydrogen-bond acceptors (Lipinski definition) is 6. The molecule has 9 heteroatoms. The summed E-state index contributed by atoms with van der Waals surface area (Å²) < 4.78 is 11.2. The van der Waals surface area contributed by atoms with E-state index in [2.05, 4.69) is 56.4 Å². The molecular formula is C48H62N4O5. The van der Waals surface area contributed by atoms with Crippen molar-refractivity contribution in [1.82, 2.24) is 15.1 Å². The normalized spacial score (nSPS) is 10.4. The van der Waals surface area contributed by atoms with Crippen LogP contribution < -0.4 is 10.1 Å². The van der Waals surface area contributed by atoms with E-state index in [1.165, 1.54) is 21.6 Å². The van der Waals surface area contributed by atoms with Gasteiger partial charge in [-0.2, -0.15) is 5.26 Å². The number of carbonyl (C=O) groups is 3. The van der Waals surface area contributed by atoms with Crippen LogP contribution in [-0.2, 0) is 40.4 Å². The van der Waals surface area contributed by atoms with Crippen LogP contribution >= 0.6 is 0 Å². The number of nitriles is 1. The molecule has 3 amide bonds. The van der Waals surface area contributed by atoms with Crippen LogP contribution in [0.5, 0.6) is 5.75 Å². The van der Waals surface area contributed by atoms with Crippen molar-refractivity contribution in [3.8, 4) is 11.8 Å². The second kappa shape index (κ2) is 26.3. The van der Waals surface area contributed by atoms with Gasteiger partial charge in [-0.05, 0) is 91.5 Å². The first-order valence-corrected chi connectivity index (χ1v) is 20.2. The van der Waals surface area contributed by atoms with Crippen LogP contribution in [0.15, 0.2) is 97.1 Å². The summed E-state index contributed by atoms with van der Waals surface area (Å²) in [7, 11) is 1.70. The van der Waals surface area contributed by atoms with Crippen molar-refractivity contribution in [3.05, 3.63) is 136 Å². The van der Waals surface area contributed by atoms with Crippen LogP contribution in [0.1, 0.15) is 90.8 Å². The standard InChI is InChI=1S/C25H32N2O2.C23H30N2O3/c1-3-4-8-17-27(18-9-16-26)25(28)15-13-22-12-14-24(21(2)19-22)29-20-23-10-6-5-7-11-23;1-18-10-11-20(16-19(18)2)12-13-22(26)24-14-7-15-25(3)23(27)28-17-21-8-5-4-6-9-21/h5-7,10-12,14,19H,3-4,8-9,13,15,17-18,20H2,1-2H3;4-6,8-11,16H,7,12-15,17H2,1-3H3,(H,24,26). The fourth-order valence-electron chi connectivity index (χ4n) is 6.04. The van der Waals surface area contributed by atoms with Crippen molar-refractivity contribution in [2.45, 2.75) is 98.7 Å². The topological polar surface area (TPSA) is 112 Å². The number of hydrogen-bond donors (Lipinski definition) is 1. The van der Waals surface area contributed by atoms with Gasteiger partial charge in [-0.15, -0.1) is 0 Å². The van der Waals surface area contributed by atoms with Gasteiger partial charge in [0.2, 0.25) is 11.8 Å². The molecule has 4 rings (SSSR count). The minimum absolute atomic E-state index is 0.0348. The van der Waals surface area contributed by atoms with Gasteiger partial charge in [0, 0.05) is 46.1 Å². The van der Waals surface area contributed by atoms with E-state index in [1.807, 2.05) is 84.6 Å². The Morgan fingerprint density at radius 1 is 0.684 bits per heavy atom. The molecule has 0 bridgehead atoms. The number of ether oxygens (including phenoxy) is 2. The number of rotatable bonds is 21. The van der Waals surface area contributed by atoms with Gasteiger partial charge in [0.15, 0.2) is 0 Å². The number of amides is 3. The van der Waals surface area contributed by atoms with Crippen molar-refractivity contribution in [3.63, 3.8) is 0 Å². The average molecular weight is 775 g/mol. The zero-order valence-corrected chi connectivity index (χ0v) is 34.7. The smallest absolute Gasteiger partial charge is 0.409 e. The number of carbonyl (C=O) groups excluding carboxylic acids is 3. The summed E-state index contributed by atoms with van der Waals surface area (Å²) in [5.74, 6) is 1.05. The Labute approximate surface area is 341 Å². The monoisotopic (exact) mass is 774 g/mol. The maximum atomic E-state index is 12.6. The maximum absolute atomic E-state index is 12.6. The van der Waals surface area contributed by atoms with Crippen LogP contribution in [-0.4, -0.2) is 60.9 Å². The van der Waals surface area contributed by atoms with Gasteiger partial charge in [-0.3, -0.25) is 9.59 Å². The Morgan fingerprint density at radius 2 is 1.32 bits per heavy atom. The Morgan fingerprint density at radius 3 is 1.95 bits per heavy atom.